The first-order valence-electron chi connectivity index (χ1n) is 11.9. The van der Waals surface area contributed by atoms with Crippen molar-refractivity contribution < 1.29 is 61.8 Å². The van der Waals surface area contributed by atoms with Crippen molar-refractivity contribution >= 4 is 27.3 Å². The van der Waals surface area contributed by atoms with Gasteiger partial charge < -0.3 is 50.6 Å². The molecular formula is C19H28N6O15P2. The van der Waals surface area contributed by atoms with Crippen LogP contribution in [0.1, 0.15) is 12.5 Å². The Bertz CT molecular complexity index is 1480. The van der Waals surface area contributed by atoms with Crippen molar-refractivity contribution in [2.24, 2.45) is 0 Å². The Hall–Kier alpha value is -2.62. The summed E-state index contributed by atoms with van der Waals surface area (Å²) in [4.78, 5) is 60.7. The van der Waals surface area contributed by atoms with Crippen LogP contribution in [0, 0.1) is 0 Å². The molecule has 0 radical (unpaired) electrons. The van der Waals surface area contributed by atoms with Gasteiger partial charge in [-0.15, -0.1) is 0 Å². The van der Waals surface area contributed by atoms with E-state index in [0.29, 0.717) is 0 Å². The fraction of sp³-hybridized carbons (Fsp3) is 0.579. The maximum Gasteiger partial charge on any atom is 0.472 e. The molecule has 0 aliphatic carbocycles. The summed E-state index contributed by atoms with van der Waals surface area (Å²) in [7, 11) is -9.23. The van der Waals surface area contributed by atoms with E-state index in [1.165, 1.54) is 25.4 Å². The summed E-state index contributed by atoms with van der Waals surface area (Å²) in [5.74, 6) is -0.237. The van der Waals surface area contributed by atoms with Gasteiger partial charge in [0.15, 0.2) is 12.5 Å². The van der Waals surface area contributed by atoms with E-state index < -0.39 is 89.3 Å². The van der Waals surface area contributed by atoms with Crippen LogP contribution in [-0.4, -0.2) is 101 Å². The lowest BCUT2D eigenvalue weighted by Crippen LogP contribution is -2.39. The Morgan fingerprint density at radius 2 is 1.45 bits per heavy atom. The number of nitrogens with zero attached hydrogens (tertiary/aromatic N) is 4. The van der Waals surface area contributed by atoms with Gasteiger partial charge in [0.1, 0.15) is 48.3 Å². The van der Waals surface area contributed by atoms with Crippen LogP contribution in [0.2, 0.25) is 0 Å². The summed E-state index contributed by atoms with van der Waals surface area (Å²) in [6.45, 7) is -1.72. The van der Waals surface area contributed by atoms with Gasteiger partial charge in [0.2, 0.25) is 0 Å². The second-order valence-corrected chi connectivity index (χ2v) is 11.6. The van der Waals surface area contributed by atoms with Crippen LogP contribution in [-0.2, 0) is 36.9 Å². The SMILES string of the molecule is COC1C(OP(=O)(O)OCC2OC(n3ccc(N)nc3=O)C(O)C2OP(=O)(O)O)C(CO)OC1n1ccc(N)nc1=O. The lowest BCUT2D eigenvalue weighted by molar-refractivity contribution is -0.0624. The zero-order valence-electron chi connectivity index (χ0n) is 21.5. The molecule has 9 N–H and O–H groups in total. The van der Waals surface area contributed by atoms with E-state index in [-0.39, 0.29) is 11.6 Å². The number of nitrogens with two attached hydrogens (primary N) is 2. The minimum atomic E-state index is -5.27. The van der Waals surface area contributed by atoms with E-state index >= 15 is 0 Å². The van der Waals surface area contributed by atoms with Gasteiger partial charge in [-0.25, -0.2) is 18.7 Å². The molecule has 2 fully saturated rings. The van der Waals surface area contributed by atoms with Gasteiger partial charge in [0.25, 0.3) is 0 Å². The van der Waals surface area contributed by atoms with Gasteiger partial charge in [-0.3, -0.25) is 22.7 Å². The van der Waals surface area contributed by atoms with Crippen LogP contribution in [0.25, 0.3) is 0 Å². The van der Waals surface area contributed by atoms with Gasteiger partial charge in [-0.1, -0.05) is 0 Å². The average molecular weight is 642 g/mol. The Morgan fingerprint density at radius 1 is 0.905 bits per heavy atom. The number of hydrogen-bond acceptors (Lipinski definition) is 16. The molecule has 0 amide bonds. The third-order valence-electron chi connectivity index (χ3n) is 6.21. The third-order valence-corrected chi connectivity index (χ3v) is 7.72. The van der Waals surface area contributed by atoms with Crippen molar-refractivity contribution in [1.29, 1.82) is 0 Å². The van der Waals surface area contributed by atoms with Crippen molar-refractivity contribution in [1.82, 2.24) is 19.1 Å². The molecule has 2 aliphatic rings. The topological polar surface area (TPSA) is 312 Å². The summed E-state index contributed by atoms with van der Waals surface area (Å²) < 4.78 is 57.4. The van der Waals surface area contributed by atoms with Gasteiger partial charge in [-0.2, -0.15) is 9.97 Å². The van der Waals surface area contributed by atoms with Crippen molar-refractivity contribution in [3.63, 3.8) is 0 Å². The van der Waals surface area contributed by atoms with Gasteiger partial charge in [-0.05, 0) is 12.1 Å². The number of anilines is 2. The largest absolute Gasteiger partial charge is 0.472 e. The molecule has 234 valence electrons. The lowest BCUT2D eigenvalue weighted by Gasteiger charge is -2.26. The highest BCUT2D eigenvalue weighted by molar-refractivity contribution is 7.47. The number of hydrogen-bond donors (Lipinski definition) is 7. The smallest absolute Gasteiger partial charge is 0.394 e. The molecule has 2 aromatic heterocycles. The molecule has 2 saturated heterocycles. The Labute approximate surface area is 235 Å². The number of ether oxygens (including phenoxy) is 3. The first kappa shape index (κ1) is 32.3. The number of phosphoric acid groups is 2. The Balaban J connectivity index is 1.52. The maximum absolute atomic E-state index is 13.0. The number of aliphatic hydroxyl groups excluding tert-OH is 2. The van der Waals surface area contributed by atoms with Crippen molar-refractivity contribution in [2.45, 2.75) is 49.1 Å². The molecule has 9 atom stereocenters. The summed E-state index contributed by atoms with van der Waals surface area (Å²) in [5, 5.41) is 20.5. The molecule has 4 heterocycles. The number of aliphatic hydroxyl groups is 2. The van der Waals surface area contributed by atoms with E-state index in [4.69, 9.17) is 34.7 Å². The van der Waals surface area contributed by atoms with Gasteiger partial charge >= 0.3 is 27.0 Å². The third kappa shape index (κ3) is 7.12. The van der Waals surface area contributed by atoms with Crippen LogP contribution >= 0.6 is 15.6 Å². The molecule has 4 rings (SSSR count). The van der Waals surface area contributed by atoms with Crippen LogP contribution in [0.4, 0.5) is 11.6 Å². The molecule has 0 aromatic carbocycles. The maximum atomic E-state index is 13.0. The summed E-state index contributed by atoms with van der Waals surface area (Å²) in [5.41, 5.74) is 9.11. The predicted octanol–water partition coefficient (Wildman–Crippen LogP) is -3.19. The highest BCUT2D eigenvalue weighted by Crippen LogP contribution is 2.50. The van der Waals surface area contributed by atoms with E-state index in [1.54, 1.807) is 0 Å². The number of nitrogen functional groups attached to an aromatic ring is 2. The Kier molecular flexibility index (Phi) is 9.65. The molecule has 0 bridgehead atoms. The fourth-order valence-corrected chi connectivity index (χ4v) is 5.96. The van der Waals surface area contributed by atoms with Crippen LogP contribution in [0.5, 0.6) is 0 Å². The first-order valence-corrected chi connectivity index (χ1v) is 14.9. The van der Waals surface area contributed by atoms with E-state index in [9.17, 15) is 43.6 Å². The number of phosphoric ester groups is 2. The molecule has 2 aliphatic heterocycles. The highest BCUT2D eigenvalue weighted by Gasteiger charge is 2.52. The fourth-order valence-electron chi connectivity index (χ4n) is 4.42. The standard InChI is InChI=1S/C19H28N6O15P2/c1-35-15-14(8(6-26)37-17(15)25-5-3-11(21)23-19(25)29)40-42(33,34)36-7-9-13(39-41(30,31)32)12(27)16(38-9)24-4-2-10(20)22-18(24)28/h2-5,8-9,12-17,26-27H,6-7H2,1H3,(H,33,34)(H2,20,22,28)(H2,21,23,29)(H2,30,31,32). The monoisotopic (exact) mass is 642 g/mol. The first-order chi connectivity index (χ1) is 19.6. The highest BCUT2D eigenvalue weighted by atomic mass is 31.2. The lowest BCUT2D eigenvalue weighted by atomic mass is 10.1. The van der Waals surface area contributed by atoms with Crippen molar-refractivity contribution in [2.75, 3.05) is 31.8 Å². The van der Waals surface area contributed by atoms with Crippen LogP contribution in [0.15, 0.2) is 34.1 Å². The number of aromatic nitrogens is 4. The molecular weight excluding hydrogens is 614 g/mol. The van der Waals surface area contributed by atoms with Gasteiger partial charge in [0.05, 0.1) is 13.2 Å². The second-order valence-electron chi connectivity index (χ2n) is 8.98. The predicted molar refractivity (Wildman–Crippen MR) is 135 cm³/mol. The average Bonchev–Trinajstić information content (AvgIpc) is 3.38. The molecule has 42 heavy (non-hydrogen) atoms. The molecule has 23 heteroatoms. The quantitative estimate of drug-likeness (QED) is 0.119. The second kappa shape index (κ2) is 12.5. The number of methoxy groups -OCH3 is 1. The number of rotatable bonds is 11. The molecule has 9 unspecified atom stereocenters. The minimum absolute atomic E-state index is 0.0805. The molecule has 21 nitrogen and oxygen atoms in total. The van der Waals surface area contributed by atoms with E-state index in [1.807, 2.05) is 0 Å². The zero-order chi connectivity index (χ0) is 31.0. The summed E-state index contributed by atoms with van der Waals surface area (Å²) in [6.07, 6.45) is -10.1. The molecule has 0 spiro atoms. The van der Waals surface area contributed by atoms with Crippen molar-refractivity contribution in [3.05, 3.63) is 45.5 Å². The van der Waals surface area contributed by atoms with Gasteiger partial charge in [0, 0.05) is 19.5 Å². The van der Waals surface area contributed by atoms with E-state index in [2.05, 4.69) is 14.5 Å². The molecule has 0 saturated carbocycles. The normalized spacial score (nSPS) is 31.3. The minimum Gasteiger partial charge on any atom is -0.394 e. The Morgan fingerprint density at radius 3 is 1.95 bits per heavy atom. The van der Waals surface area contributed by atoms with E-state index in [0.717, 1.165) is 15.3 Å². The van der Waals surface area contributed by atoms with Crippen LogP contribution in [0.3, 0.4) is 0 Å². The van der Waals surface area contributed by atoms with Crippen LogP contribution < -0.4 is 22.8 Å². The van der Waals surface area contributed by atoms with Crippen molar-refractivity contribution in [3.8, 4) is 0 Å². The zero-order valence-corrected chi connectivity index (χ0v) is 23.3. The summed E-state index contributed by atoms with van der Waals surface area (Å²) in [6, 6.07) is 2.47. The molecule has 2 aromatic rings. The summed E-state index contributed by atoms with van der Waals surface area (Å²) >= 11 is 0.